The Morgan fingerprint density at radius 2 is 2.10 bits per heavy atom. The van der Waals surface area contributed by atoms with Gasteiger partial charge in [-0.25, -0.2) is 0 Å². The molecule has 0 spiro atoms. The minimum atomic E-state index is -0.836. The lowest BCUT2D eigenvalue weighted by Gasteiger charge is -2.25. The zero-order valence-electron chi connectivity index (χ0n) is 11.8. The average molecular weight is 294 g/mol. The first-order valence-electron chi connectivity index (χ1n) is 6.85. The van der Waals surface area contributed by atoms with Crippen molar-refractivity contribution in [2.45, 2.75) is 31.8 Å². The molecule has 1 unspecified atom stereocenters. The fraction of sp³-hybridized carbons (Fsp3) is 0.500. The zero-order chi connectivity index (χ0) is 15.4. The van der Waals surface area contributed by atoms with Gasteiger partial charge in [0.25, 0.3) is 5.69 Å². The summed E-state index contributed by atoms with van der Waals surface area (Å²) < 4.78 is 5.52. The van der Waals surface area contributed by atoms with Crippen molar-refractivity contribution < 1.29 is 19.6 Å². The molecule has 1 aliphatic rings. The summed E-state index contributed by atoms with van der Waals surface area (Å²) in [7, 11) is 0. The summed E-state index contributed by atoms with van der Waals surface area (Å²) in [5, 5.41) is 19.6. The molecule has 0 saturated heterocycles. The van der Waals surface area contributed by atoms with Crippen molar-refractivity contribution >= 4 is 11.7 Å². The molecule has 1 aliphatic carbocycles. The highest BCUT2D eigenvalue weighted by Crippen LogP contribution is 2.28. The second kappa shape index (κ2) is 6.53. The lowest BCUT2D eigenvalue weighted by Crippen LogP contribution is -2.42. The lowest BCUT2D eigenvalue weighted by molar-refractivity contribution is -0.384. The number of non-ortho nitro benzene ring substituents is 1. The Morgan fingerprint density at radius 3 is 2.57 bits per heavy atom. The molecule has 0 bridgehead atoms. The van der Waals surface area contributed by atoms with Gasteiger partial charge in [0, 0.05) is 24.7 Å². The molecule has 1 fully saturated rings. The minimum Gasteiger partial charge on any atom is -0.492 e. The van der Waals surface area contributed by atoms with Gasteiger partial charge in [0.1, 0.15) is 18.4 Å². The van der Waals surface area contributed by atoms with Gasteiger partial charge in [-0.2, -0.15) is 0 Å². The number of hydrogen-bond acceptors (Lipinski definition) is 5. The number of carboxylic acids is 1. The van der Waals surface area contributed by atoms with Crippen molar-refractivity contribution in [1.29, 1.82) is 0 Å². The van der Waals surface area contributed by atoms with Crippen molar-refractivity contribution in [2.75, 3.05) is 13.2 Å². The van der Waals surface area contributed by atoms with Gasteiger partial charge in [0.2, 0.25) is 0 Å². The highest BCUT2D eigenvalue weighted by Gasteiger charge is 2.34. The zero-order valence-corrected chi connectivity index (χ0v) is 11.8. The number of benzene rings is 1. The van der Waals surface area contributed by atoms with E-state index in [0.29, 0.717) is 24.9 Å². The molecule has 1 N–H and O–H groups in total. The molecule has 0 amide bonds. The van der Waals surface area contributed by atoms with E-state index in [1.807, 2.05) is 4.90 Å². The number of nitro groups is 1. The fourth-order valence-electron chi connectivity index (χ4n) is 2.17. The van der Waals surface area contributed by atoms with Gasteiger partial charge >= 0.3 is 5.97 Å². The first-order valence-corrected chi connectivity index (χ1v) is 6.85. The molecule has 0 aliphatic heterocycles. The average Bonchev–Trinajstić information content (AvgIpc) is 3.28. The predicted octanol–water partition coefficient (Wildman–Crippen LogP) is 1.91. The molecular formula is C14H18N2O5. The molecule has 0 aromatic heterocycles. The van der Waals surface area contributed by atoms with Crippen LogP contribution >= 0.6 is 0 Å². The van der Waals surface area contributed by atoms with Crippen LogP contribution in [-0.4, -0.2) is 46.1 Å². The summed E-state index contributed by atoms with van der Waals surface area (Å²) in [6.45, 7) is 2.55. The Kier molecular flexibility index (Phi) is 4.74. The molecule has 1 aromatic carbocycles. The third-order valence-corrected chi connectivity index (χ3v) is 3.54. The molecule has 0 radical (unpaired) electrons. The summed E-state index contributed by atoms with van der Waals surface area (Å²) >= 11 is 0. The molecule has 1 saturated carbocycles. The number of carbonyl (C=O) groups is 1. The molecule has 1 aromatic rings. The van der Waals surface area contributed by atoms with Gasteiger partial charge in [0.15, 0.2) is 0 Å². The quantitative estimate of drug-likeness (QED) is 0.581. The molecule has 21 heavy (non-hydrogen) atoms. The second-order valence-electron chi connectivity index (χ2n) is 5.08. The molecule has 1 atom stereocenters. The van der Waals surface area contributed by atoms with E-state index in [9.17, 15) is 14.9 Å². The van der Waals surface area contributed by atoms with Crippen LogP contribution in [0.5, 0.6) is 5.75 Å². The molecule has 114 valence electrons. The monoisotopic (exact) mass is 294 g/mol. The van der Waals surface area contributed by atoms with Crippen molar-refractivity contribution in [3.63, 3.8) is 0 Å². The Balaban J connectivity index is 1.84. The molecule has 7 nitrogen and oxygen atoms in total. The first-order chi connectivity index (χ1) is 9.99. The summed E-state index contributed by atoms with van der Waals surface area (Å²) in [4.78, 5) is 23.1. The normalized spacial score (nSPS) is 15.7. The molecule has 2 rings (SSSR count). The summed E-state index contributed by atoms with van der Waals surface area (Å²) in [5.74, 6) is -0.295. The van der Waals surface area contributed by atoms with Gasteiger partial charge in [-0.15, -0.1) is 0 Å². The first kappa shape index (κ1) is 15.2. The van der Waals surface area contributed by atoms with Crippen LogP contribution < -0.4 is 4.74 Å². The van der Waals surface area contributed by atoms with E-state index in [-0.39, 0.29) is 5.69 Å². The topological polar surface area (TPSA) is 92.9 Å². The van der Waals surface area contributed by atoms with Gasteiger partial charge in [-0.3, -0.25) is 19.8 Å². The van der Waals surface area contributed by atoms with E-state index in [0.717, 1.165) is 12.8 Å². The SMILES string of the molecule is CC(C(=O)O)N(CCOc1ccc([N+](=O)[O-])cc1)C1CC1. The van der Waals surface area contributed by atoms with Gasteiger partial charge in [-0.05, 0) is 31.9 Å². The maximum absolute atomic E-state index is 11.1. The molecule has 0 heterocycles. The number of carboxylic acid groups (broad SMARTS) is 1. The van der Waals surface area contributed by atoms with E-state index < -0.39 is 16.9 Å². The van der Waals surface area contributed by atoms with Crippen LogP contribution in [-0.2, 0) is 4.79 Å². The number of nitrogens with zero attached hydrogens (tertiary/aromatic N) is 2. The van der Waals surface area contributed by atoms with Crippen molar-refractivity contribution in [2.24, 2.45) is 0 Å². The van der Waals surface area contributed by atoms with E-state index in [1.165, 1.54) is 12.1 Å². The number of rotatable bonds is 8. The van der Waals surface area contributed by atoms with E-state index in [1.54, 1.807) is 19.1 Å². The molecular weight excluding hydrogens is 276 g/mol. The Morgan fingerprint density at radius 1 is 1.48 bits per heavy atom. The van der Waals surface area contributed by atoms with Crippen molar-refractivity contribution in [3.8, 4) is 5.75 Å². The fourth-order valence-corrected chi connectivity index (χ4v) is 2.17. The van der Waals surface area contributed by atoms with Crippen molar-refractivity contribution in [1.82, 2.24) is 4.90 Å². The Hall–Kier alpha value is -2.15. The third-order valence-electron chi connectivity index (χ3n) is 3.54. The number of aliphatic carboxylic acids is 1. The molecule has 7 heteroatoms. The van der Waals surface area contributed by atoms with Crippen molar-refractivity contribution in [3.05, 3.63) is 34.4 Å². The predicted molar refractivity (Wildman–Crippen MR) is 75.4 cm³/mol. The lowest BCUT2D eigenvalue weighted by atomic mass is 10.2. The maximum Gasteiger partial charge on any atom is 0.320 e. The van der Waals surface area contributed by atoms with E-state index in [2.05, 4.69) is 0 Å². The summed E-state index contributed by atoms with van der Waals surface area (Å²) in [6, 6.07) is 5.65. The van der Waals surface area contributed by atoms with Crippen LogP contribution in [0.1, 0.15) is 19.8 Å². The summed E-state index contributed by atoms with van der Waals surface area (Å²) in [6.07, 6.45) is 2.05. The van der Waals surface area contributed by atoms with Crippen LogP contribution in [0.3, 0.4) is 0 Å². The minimum absolute atomic E-state index is 0.0152. The highest BCUT2D eigenvalue weighted by atomic mass is 16.6. The van der Waals surface area contributed by atoms with Crippen LogP contribution in [0.25, 0.3) is 0 Å². The Bertz CT molecular complexity index is 513. The van der Waals surface area contributed by atoms with Crippen LogP contribution in [0.2, 0.25) is 0 Å². The standard InChI is InChI=1S/C14H18N2O5/c1-10(14(17)18)15(11-2-3-11)8-9-21-13-6-4-12(5-7-13)16(19)20/h4-7,10-11H,2-3,8-9H2,1H3,(H,17,18). The smallest absolute Gasteiger partial charge is 0.320 e. The summed E-state index contributed by atoms with van der Waals surface area (Å²) in [5.41, 5.74) is 0.0152. The van der Waals surface area contributed by atoms with Gasteiger partial charge < -0.3 is 9.84 Å². The maximum atomic E-state index is 11.1. The van der Waals surface area contributed by atoms with Crippen LogP contribution in [0.15, 0.2) is 24.3 Å². The largest absolute Gasteiger partial charge is 0.492 e. The van der Waals surface area contributed by atoms with Gasteiger partial charge in [-0.1, -0.05) is 0 Å². The Labute approximate surface area is 122 Å². The van der Waals surface area contributed by atoms with E-state index in [4.69, 9.17) is 9.84 Å². The van der Waals surface area contributed by atoms with Crippen LogP contribution in [0.4, 0.5) is 5.69 Å². The number of hydrogen-bond donors (Lipinski definition) is 1. The highest BCUT2D eigenvalue weighted by molar-refractivity contribution is 5.73. The van der Waals surface area contributed by atoms with Crippen LogP contribution in [0, 0.1) is 10.1 Å². The van der Waals surface area contributed by atoms with Gasteiger partial charge in [0.05, 0.1) is 4.92 Å². The number of ether oxygens (including phenoxy) is 1. The van der Waals surface area contributed by atoms with E-state index >= 15 is 0 Å². The number of nitro benzene ring substituents is 1. The third kappa shape index (κ3) is 4.16. The second-order valence-corrected chi connectivity index (χ2v) is 5.08.